The average Bonchev–Trinajstić information content (AvgIpc) is 2.52. The van der Waals surface area contributed by atoms with Crippen LogP contribution >= 0.6 is 0 Å². The Morgan fingerprint density at radius 3 is 2.67 bits per heavy atom. The van der Waals surface area contributed by atoms with Gasteiger partial charge in [0.25, 0.3) is 0 Å². The van der Waals surface area contributed by atoms with Crippen LogP contribution in [0.4, 0.5) is 0 Å². The van der Waals surface area contributed by atoms with E-state index in [0.717, 1.165) is 18.4 Å². The van der Waals surface area contributed by atoms with Crippen LogP contribution in [0.15, 0.2) is 24.3 Å². The van der Waals surface area contributed by atoms with E-state index >= 15 is 0 Å². The summed E-state index contributed by atoms with van der Waals surface area (Å²) in [5, 5.41) is 0. The summed E-state index contributed by atoms with van der Waals surface area (Å²) >= 11 is 0. The molecular formula is C20H28O4. The minimum atomic E-state index is -0.493. The molecule has 0 amide bonds. The molecule has 0 aliphatic heterocycles. The van der Waals surface area contributed by atoms with Gasteiger partial charge < -0.3 is 9.47 Å². The van der Waals surface area contributed by atoms with Gasteiger partial charge in [0.05, 0.1) is 5.56 Å². The third-order valence-electron chi connectivity index (χ3n) is 4.82. The lowest BCUT2D eigenvalue weighted by Crippen LogP contribution is -2.36. The summed E-state index contributed by atoms with van der Waals surface area (Å²) < 4.78 is 10.7. The van der Waals surface area contributed by atoms with E-state index in [2.05, 4.69) is 20.8 Å². The first-order chi connectivity index (χ1) is 11.4. The molecule has 1 aromatic rings. The monoisotopic (exact) mass is 332 g/mol. The molecule has 0 N–H and O–H groups in total. The lowest BCUT2D eigenvalue weighted by atomic mass is 9.75. The molecule has 1 aliphatic carbocycles. The summed E-state index contributed by atoms with van der Waals surface area (Å²) in [5.41, 5.74) is 1.43. The van der Waals surface area contributed by atoms with Gasteiger partial charge in [-0.1, -0.05) is 44.9 Å². The summed E-state index contributed by atoms with van der Waals surface area (Å²) in [6.07, 6.45) is 3.08. The molecule has 0 bridgehead atoms. The van der Waals surface area contributed by atoms with Crippen molar-refractivity contribution in [1.82, 2.24) is 0 Å². The largest absolute Gasteiger partial charge is 0.460 e. The van der Waals surface area contributed by atoms with Crippen molar-refractivity contribution in [3.63, 3.8) is 0 Å². The Kier molecular flexibility index (Phi) is 6.41. The molecule has 0 spiro atoms. The summed E-state index contributed by atoms with van der Waals surface area (Å²) in [7, 11) is 0. The van der Waals surface area contributed by atoms with Gasteiger partial charge in [-0.3, -0.25) is 0 Å². The highest BCUT2D eigenvalue weighted by Gasteiger charge is 2.33. The number of ether oxygens (including phenoxy) is 2. The molecule has 0 aromatic heterocycles. The molecule has 1 aromatic carbocycles. The topological polar surface area (TPSA) is 52.6 Å². The Bertz CT molecular complexity index is 579. The predicted octanol–water partition coefficient (Wildman–Crippen LogP) is 4.16. The van der Waals surface area contributed by atoms with E-state index in [1.807, 2.05) is 13.0 Å². The molecular weight excluding hydrogens is 304 g/mol. The lowest BCUT2D eigenvalue weighted by Gasteiger charge is -2.36. The van der Waals surface area contributed by atoms with Gasteiger partial charge in [-0.2, -0.15) is 0 Å². The predicted molar refractivity (Wildman–Crippen MR) is 92.7 cm³/mol. The minimum Gasteiger partial charge on any atom is -0.460 e. The van der Waals surface area contributed by atoms with E-state index in [1.54, 1.807) is 18.2 Å². The van der Waals surface area contributed by atoms with Gasteiger partial charge >= 0.3 is 11.9 Å². The molecule has 0 heterocycles. The highest BCUT2D eigenvalue weighted by molar-refractivity contribution is 5.90. The van der Waals surface area contributed by atoms with Gasteiger partial charge in [-0.05, 0) is 49.7 Å². The zero-order valence-corrected chi connectivity index (χ0v) is 15.1. The van der Waals surface area contributed by atoms with Crippen LogP contribution in [0.1, 0.15) is 56.0 Å². The number of hydrogen-bond acceptors (Lipinski definition) is 4. The van der Waals surface area contributed by atoms with E-state index in [1.165, 1.54) is 6.42 Å². The fourth-order valence-corrected chi connectivity index (χ4v) is 3.43. The van der Waals surface area contributed by atoms with E-state index in [4.69, 9.17) is 9.47 Å². The fourth-order valence-electron chi connectivity index (χ4n) is 3.43. The van der Waals surface area contributed by atoms with E-state index in [0.29, 0.717) is 23.3 Å². The third kappa shape index (κ3) is 5.08. The Morgan fingerprint density at radius 2 is 2.00 bits per heavy atom. The molecule has 1 aliphatic rings. The zero-order chi connectivity index (χ0) is 17.7. The van der Waals surface area contributed by atoms with Crippen molar-refractivity contribution in [2.24, 2.45) is 17.8 Å². The molecule has 1 fully saturated rings. The standard InChI is InChI=1S/C20H28O4/c1-13(2)17-9-8-15(4)11-18(17)24-19(21)12-23-20(22)16-7-5-6-14(3)10-16/h5-7,10,13,15,17-18H,8-9,11-12H2,1-4H3/t15-,17-,18+/m0/s1. The highest BCUT2D eigenvalue weighted by atomic mass is 16.6. The smallest absolute Gasteiger partial charge is 0.344 e. The quantitative estimate of drug-likeness (QED) is 0.760. The second-order valence-corrected chi connectivity index (χ2v) is 7.30. The fraction of sp³-hybridized carbons (Fsp3) is 0.600. The van der Waals surface area contributed by atoms with Gasteiger partial charge in [-0.25, -0.2) is 9.59 Å². The molecule has 132 valence electrons. The van der Waals surface area contributed by atoms with Crippen LogP contribution in [-0.2, 0) is 14.3 Å². The van der Waals surface area contributed by atoms with Gasteiger partial charge in [0.1, 0.15) is 6.10 Å². The first-order valence-corrected chi connectivity index (χ1v) is 8.80. The number of benzene rings is 1. The maximum absolute atomic E-state index is 12.1. The van der Waals surface area contributed by atoms with Crippen molar-refractivity contribution >= 4 is 11.9 Å². The number of aryl methyl sites for hydroxylation is 1. The number of rotatable bonds is 5. The Labute approximate surface area is 144 Å². The maximum Gasteiger partial charge on any atom is 0.344 e. The number of hydrogen-bond donors (Lipinski definition) is 0. The van der Waals surface area contributed by atoms with Crippen LogP contribution in [0.25, 0.3) is 0 Å². The molecule has 4 heteroatoms. The highest BCUT2D eigenvalue weighted by Crippen LogP contribution is 2.35. The van der Waals surface area contributed by atoms with Crippen LogP contribution in [0.3, 0.4) is 0 Å². The van der Waals surface area contributed by atoms with Crippen LogP contribution < -0.4 is 0 Å². The SMILES string of the molecule is Cc1cccc(C(=O)OCC(=O)O[C@@H]2C[C@@H](C)CC[C@H]2C(C)C)c1. The zero-order valence-electron chi connectivity index (χ0n) is 15.1. The van der Waals surface area contributed by atoms with Crippen molar-refractivity contribution < 1.29 is 19.1 Å². The van der Waals surface area contributed by atoms with E-state index in [-0.39, 0.29) is 12.7 Å². The first-order valence-electron chi connectivity index (χ1n) is 8.80. The first kappa shape index (κ1) is 18.5. The minimum absolute atomic E-state index is 0.0704. The van der Waals surface area contributed by atoms with Crippen molar-refractivity contribution in [3.05, 3.63) is 35.4 Å². The number of carbonyl (C=O) groups is 2. The Morgan fingerprint density at radius 1 is 1.25 bits per heavy atom. The summed E-state index contributed by atoms with van der Waals surface area (Å²) in [6, 6.07) is 7.12. The second kappa shape index (κ2) is 8.32. The van der Waals surface area contributed by atoms with Crippen LogP contribution in [-0.4, -0.2) is 24.6 Å². The normalized spacial score (nSPS) is 23.8. The molecule has 4 nitrogen and oxygen atoms in total. The van der Waals surface area contributed by atoms with Crippen molar-refractivity contribution in [2.75, 3.05) is 6.61 Å². The van der Waals surface area contributed by atoms with Gasteiger partial charge in [0.2, 0.25) is 0 Å². The van der Waals surface area contributed by atoms with Crippen LogP contribution in [0.2, 0.25) is 0 Å². The number of carbonyl (C=O) groups excluding carboxylic acids is 2. The second-order valence-electron chi connectivity index (χ2n) is 7.30. The molecule has 24 heavy (non-hydrogen) atoms. The van der Waals surface area contributed by atoms with Crippen LogP contribution in [0.5, 0.6) is 0 Å². The summed E-state index contributed by atoms with van der Waals surface area (Å²) in [4.78, 5) is 24.1. The number of esters is 2. The third-order valence-corrected chi connectivity index (χ3v) is 4.82. The summed E-state index contributed by atoms with van der Waals surface area (Å²) in [5.74, 6) is 0.476. The van der Waals surface area contributed by atoms with E-state index in [9.17, 15) is 9.59 Å². The van der Waals surface area contributed by atoms with Crippen molar-refractivity contribution in [3.8, 4) is 0 Å². The van der Waals surface area contributed by atoms with Gasteiger partial charge in [0, 0.05) is 0 Å². The van der Waals surface area contributed by atoms with E-state index < -0.39 is 11.9 Å². The molecule has 0 radical (unpaired) electrons. The molecule has 0 saturated heterocycles. The van der Waals surface area contributed by atoms with Crippen molar-refractivity contribution in [1.29, 1.82) is 0 Å². The van der Waals surface area contributed by atoms with Crippen molar-refractivity contribution in [2.45, 2.75) is 53.1 Å². The molecule has 2 rings (SSSR count). The summed E-state index contributed by atoms with van der Waals surface area (Å²) in [6.45, 7) is 8.09. The van der Waals surface area contributed by atoms with Crippen LogP contribution in [0, 0.1) is 24.7 Å². The molecule has 0 unspecified atom stereocenters. The Hall–Kier alpha value is -1.84. The lowest BCUT2D eigenvalue weighted by molar-refractivity contribution is -0.159. The van der Waals surface area contributed by atoms with Gasteiger partial charge in [-0.15, -0.1) is 0 Å². The molecule has 1 saturated carbocycles. The Balaban J connectivity index is 1.86. The average molecular weight is 332 g/mol. The molecule has 3 atom stereocenters. The van der Waals surface area contributed by atoms with Gasteiger partial charge in [0.15, 0.2) is 6.61 Å². The maximum atomic E-state index is 12.1.